The predicted octanol–water partition coefficient (Wildman–Crippen LogP) is 2.78. The molecule has 0 amide bonds. The molecule has 0 aliphatic rings. The normalized spacial score (nSPS) is 10.9. The minimum atomic E-state index is 0.732. The van der Waals surface area contributed by atoms with E-state index < -0.39 is 0 Å². The van der Waals surface area contributed by atoms with Gasteiger partial charge in [0.05, 0.1) is 23.6 Å². The smallest absolute Gasteiger partial charge is 0.194 e. The first-order valence-electron chi connectivity index (χ1n) is 6.44. The first-order chi connectivity index (χ1) is 9.66. The standard InChI is InChI=1S/C14H17N5S/c1-10-12(19-7-8-20-14(19)17-10)9-16-11-5-4-6-15-13(11)18(2)3/h4-8,16H,9H2,1-3H3. The Labute approximate surface area is 121 Å². The second-order valence-corrected chi connectivity index (χ2v) is 5.70. The van der Waals surface area contributed by atoms with Gasteiger partial charge >= 0.3 is 0 Å². The zero-order valence-corrected chi connectivity index (χ0v) is 12.6. The second kappa shape index (κ2) is 5.13. The van der Waals surface area contributed by atoms with Crippen LogP contribution >= 0.6 is 11.3 Å². The van der Waals surface area contributed by atoms with Crippen LogP contribution in [-0.2, 0) is 6.54 Å². The number of rotatable bonds is 4. The average molecular weight is 287 g/mol. The summed E-state index contributed by atoms with van der Waals surface area (Å²) < 4.78 is 2.14. The topological polar surface area (TPSA) is 45.5 Å². The van der Waals surface area contributed by atoms with Crippen LogP contribution in [0.4, 0.5) is 11.5 Å². The lowest BCUT2D eigenvalue weighted by Gasteiger charge is -2.16. The molecule has 3 heterocycles. The van der Waals surface area contributed by atoms with Gasteiger partial charge < -0.3 is 10.2 Å². The Bertz CT molecular complexity index is 728. The van der Waals surface area contributed by atoms with Gasteiger partial charge in [-0.3, -0.25) is 4.40 Å². The van der Waals surface area contributed by atoms with Crippen LogP contribution in [0.15, 0.2) is 29.9 Å². The highest BCUT2D eigenvalue weighted by atomic mass is 32.1. The summed E-state index contributed by atoms with van der Waals surface area (Å²) in [5.74, 6) is 0.941. The number of hydrogen-bond donors (Lipinski definition) is 1. The third kappa shape index (κ3) is 2.22. The summed E-state index contributed by atoms with van der Waals surface area (Å²) in [7, 11) is 3.99. The van der Waals surface area contributed by atoms with E-state index in [1.54, 1.807) is 11.3 Å². The summed E-state index contributed by atoms with van der Waals surface area (Å²) in [6.07, 6.45) is 3.87. The van der Waals surface area contributed by atoms with Crippen LogP contribution in [-0.4, -0.2) is 28.5 Å². The van der Waals surface area contributed by atoms with E-state index in [1.807, 2.05) is 44.2 Å². The molecule has 5 nitrogen and oxygen atoms in total. The maximum atomic E-state index is 4.56. The van der Waals surface area contributed by atoms with Gasteiger partial charge in [0.15, 0.2) is 10.8 Å². The lowest BCUT2D eigenvalue weighted by molar-refractivity contribution is 0.984. The highest BCUT2D eigenvalue weighted by molar-refractivity contribution is 7.15. The first-order valence-corrected chi connectivity index (χ1v) is 7.32. The molecule has 3 aromatic heterocycles. The summed E-state index contributed by atoms with van der Waals surface area (Å²) in [5, 5.41) is 5.52. The van der Waals surface area contributed by atoms with Crippen molar-refractivity contribution in [3.63, 3.8) is 0 Å². The van der Waals surface area contributed by atoms with Gasteiger partial charge in [0.25, 0.3) is 0 Å². The van der Waals surface area contributed by atoms with E-state index in [9.17, 15) is 0 Å². The van der Waals surface area contributed by atoms with Crippen LogP contribution in [0.25, 0.3) is 4.96 Å². The van der Waals surface area contributed by atoms with E-state index in [0.717, 1.165) is 28.7 Å². The quantitative estimate of drug-likeness (QED) is 0.801. The minimum absolute atomic E-state index is 0.732. The largest absolute Gasteiger partial charge is 0.376 e. The molecule has 3 rings (SSSR count). The van der Waals surface area contributed by atoms with E-state index >= 15 is 0 Å². The number of aryl methyl sites for hydroxylation is 1. The highest BCUT2D eigenvalue weighted by Gasteiger charge is 2.11. The van der Waals surface area contributed by atoms with E-state index in [4.69, 9.17) is 0 Å². The van der Waals surface area contributed by atoms with Crippen molar-refractivity contribution in [3.8, 4) is 0 Å². The molecule has 0 saturated heterocycles. The molecule has 20 heavy (non-hydrogen) atoms. The molecule has 0 radical (unpaired) electrons. The zero-order chi connectivity index (χ0) is 14.1. The Hall–Kier alpha value is -2.08. The van der Waals surface area contributed by atoms with E-state index in [-0.39, 0.29) is 0 Å². The summed E-state index contributed by atoms with van der Waals surface area (Å²) in [5.41, 5.74) is 3.29. The monoisotopic (exact) mass is 287 g/mol. The van der Waals surface area contributed by atoms with Gasteiger partial charge in [-0.25, -0.2) is 9.97 Å². The van der Waals surface area contributed by atoms with Crippen LogP contribution < -0.4 is 10.2 Å². The van der Waals surface area contributed by atoms with Gasteiger partial charge in [0.1, 0.15) is 0 Å². The van der Waals surface area contributed by atoms with Crippen molar-refractivity contribution in [1.29, 1.82) is 0 Å². The van der Waals surface area contributed by atoms with Crippen LogP contribution in [0.5, 0.6) is 0 Å². The van der Waals surface area contributed by atoms with Crippen molar-refractivity contribution in [2.24, 2.45) is 0 Å². The van der Waals surface area contributed by atoms with E-state index in [2.05, 4.69) is 31.3 Å². The fourth-order valence-electron chi connectivity index (χ4n) is 2.22. The number of fused-ring (bicyclic) bond motifs is 1. The lowest BCUT2D eigenvalue weighted by atomic mass is 10.3. The molecule has 0 saturated carbocycles. The van der Waals surface area contributed by atoms with Crippen molar-refractivity contribution in [1.82, 2.24) is 14.4 Å². The highest BCUT2D eigenvalue weighted by Crippen LogP contribution is 2.23. The Kier molecular flexibility index (Phi) is 3.31. The minimum Gasteiger partial charge on any atom is -0.376 e. The molecule has 6 heteroatoms. The molecule has 0 atom stereocenters. The number of pyridine rings is 1. The molecule has 0 unspecified atom stereocenters. The Morgan fingerprint density at radius 1 is 1.40 bits per heavy atom. The zero-order valence-electron chi connectivity index (χ0n) is 11.8. The van der Waals surface area contributed by atoms with Gasteiger partial charge in [-0.15, -0.1) is 11.3 Å². The van der Waals surface area contributed by atoms with Crippen molar-refractivity contribution < 1.29 is 0 Å². The molecule has 0 spiro atoms. The molecule has 3 aromatic rings. The number of nitrogens with one attached hydrogen (secondary N) is 1. The Balaban J connectivity index is 1.86. The van der Waals surface area contributed by atoms with Gasteiger partial charge in [-0.05, 0) is 19.1 Å². The second-order valence-electron chi connectivity index (χ2n) is 4.82. The average Bonchev–Trinajstić information content (AvgIpc) is 2.97. The van der Waals surface area contributed by atoms with E-state index in [0.29, 0.717) is 0 Å². The third-order valence-corrected chi connectivity index (χ3v) is 3.97. The molecule has 1 N–H and O–H groups in total. The molecule has 0 aliphatic carbocycles. The summed E-state index contributed by atoms with van der Waals surface area (Å²) in [6.45, 7) is 2.78. The summed E-state index contributed by atoms with van der Waals surface area (Å²) in [6, 6.07) is 3.99. The molecule has 0 bridgehead atoms. The van der Waals surface area contributed by atoms with Crippen molar-refractivity contribution in [2.45, 2.75) is 13.5 Å². The van der Waals surface area contributed by atoms with Crippen molar-refractivity contribution >= 4 is 27.8 Å². The van der Waals surface area contributed by atoms with Crippen LogP contribution in [0, 0.1) is 6.92 Å². The van der Waals surface area contributed by atoms with Crippen LogP contribution in [0.3, 0.4) is 0 Å². The lowest BCUT2D eigenvalue weighted by Crippen LogP contribution is -2.14. The van der Waals surface area contributed by atoms with Crippen molar-refractivity contribution in [3.05, 3.63) is 41.3 Å². The molecule has 0 fully saturated rings. The molecular formula is C14H17N5S. The third-order valence-electron chi connectivity index (χ3n) is 3.22. The van der Waals surface area contributed by atoms with Crippen molar-refractivity contribution in [2.75, 3.05) is 24.3 Å². The fourth-order valence-corrected chi connectivity index (χ4v) is 3.00. The van der Waals surface area contributed by atoms with Gasteiger partial charge in [-0.1, -0.05) is 0 Å². The Morgan fingerprint density at radius 3 is 3.05 bits per heavy atom. The van der Waals surface area contributed by atoms with Gasteiger partial charge in [0, 0.05) is 31.9 Å². The number of nitrogens with zero attached hydrogens (tertiary/aromatic N) is 4. The number of imidazole rings is 1. The van der Waals surface area contributed by atoms with Crippen LogP contribution in [0.2, 0.25) is 0 Å². The van der Waals surface area contributed by atoms with E-state index in [1.165, 1.54) is 5.69 Å². The SMILES string of the molecule is Cc1nc2sccn2c1CNc1cccnc1N(C)C. The fraction of sp³-hybridized carbons (Fsp3) is 0.286. The molecule has 0 aromatic carbocycles. The van der Waals surface area contributed by atoms with Gasteiger partial charge in [-0.2, -0.15) is 0 Å². The first kappa shape index (κ1) is 12.9. The molecular weight excluding hydrogens is 270 g/mol. The van der Waals surface area contributed by atoms with Gasteiger partial charge in [0.2, 0.25) is 0 Å². The molecule has 0 aliphatic heterocycles. The number of hydrogen-bond acceptors (Lipinski definition) is 5. The maximum Gasteiger partial charge on any atom is 0.194 e. The maximum absolute atomic E-state index is 4.56. The Morgan fingerprint density at radius 2 is 2.25 bits per heavy atom. The number of anilines is 2. The van der Waals surface area contributed by atoms with Crippen LogP contribution in [0.1, 0.15) is 11.4 Å². The molecule has 104 valence electrons. The predicted molar refractivity (Wildman–Crippen MR) is 83.7 cm³/mol. The summed E-state index contributed by atoms with van der Waals surface area (Å²) >= 11 is 1.66. The number of thiazole rings is 1. The summed E-state index contributed by atoms with van der Waals surface area (Å²) in [4.78, 5) is 12.0. The number of aromatic nitrogens is 3.